The van der Waals surface area contributed by atoms with Crippen LogP contribution in [-0.2, 0) is 16.9 Å². The van der Waals surface area contributed by atoms with E-state index in [0.717, 1.165) is 11.3 Å². The summed E-state index contributed by atoms with van der Waals surface area (Å²) < 4.78 is 9.00. The molecule has 0 spiro atoms. The average Bonchev–Trinajstić information content (AvgIpc) is 3.23. The van der Waals surface area contributed by atoms with Crippen molar-refractivity contribution in [2.45, 2.75) is 32.9 Å². The molecule has 0 fully saturated rings. The van der Waals surface area contributed by atoms with Crippen molar-refractivity contribution in [3.05, 3.63) is 41.4 Å². The minimum Gasteiger partial charge on any atom is -0.497 e. The Morgan fingerprint density at radius 3 is 2.59 bits per heavy atom. The van der Waals surface area contributed by atoms with E-state index in [1.54, 1.807) is 28.8 Å². The summed E-state index contributed by atoms with van der Waals surface area (Å²) in [5.41, 5.74) is 1.31. The van der Waals surface area contributed by atoms with Crippen molar-refractivity contribution < 1.29 is 9.53 Å². The third kappa shape index (κ3) is 4.25. The highest BCUT2D eigenvalue weighted by molar-refractivity contribution is 7.71. The zero-order valence-electron chi connectivity index (χ0n) is 15.7. The van der Waals surface area contributed by atoms with Crippen LogP contribution in [0.4, 0.5) is 5.69 Å². The van der Waals surface area contributed by atoms with Crippen LogP contribution in [0.3, 0.4) is 0 Å². The first kappa shape index (κ1) is 18.8. The standard InChI is InChI=1S/C18H22N6O2S/c1-18(2,3)24-10-13(9-19-24)20-15(25)11-23-16(21-22-17(23)27)12-5-7-14(26-4)8-6-12/h5-10H,11H2,1-4H3,(H,20,25)(H,22,27). The molecule has 2 aromatic heterocycles. The molecule has 0 bridgehead atoms. The zero-order valence-corrected chi connectivity index (χ0v) is 16.5. The summed E-state index contributed by atoms with van der Waals surface area (Å²) in [4.78, 5) is 12.5. The van der Waals surface area contributed by atoms with Crippen molar-refractivity contribution >= 4 is 23.8 Å². The van der Waals surface area contributed by atoms with Gasteiger partial charge in [0.1, 0.15) is 12.3 Å². The predicted octanol–water partition coefficient (Wildman–Crippen LogP) is 3.21. The van der Waals surface area contributed by atoms with Crippen molar-refractivity contribution in [1.82, 2.24) is 24.5 Å². The van der Waals surface area contributed by atoms with Crippen LogP contribution in [0.15, 0.2) is 36.7 Å². The number of nitrogens with zero attached hydrogens (tertiary/aromatic N) is 4. The summed E-state index contributed by atoms with van der Waals surface area (Å²) in [6.45, 7) is 6.16. The second-order valence-electron chi connectivity index (χ2n) is 7.06. The Balaban J connectivity index is 1.77. The highest BCUT2D eigenvalue weighted by atomic mass is 32.1. The first-order valence-electron chi connectivity index (χ1n) is 8.42. The molecule has 27 heavy (non-hydrogen) atoms. The lowest BCUT2D eigenvalue weighted by molar-refractivity contribution is -0.116. The van der Waals surface area contributed by atoms with Gasteiger partial charge in [0.05, 0.1) is 24.5 Å². The molecule has 2 N–H and O–H groups in total. The lowest BCUT2D eigenvalue weighted by Crippen LogP contribution is -2.22. The summed E-state index contributed by atoms with van der Waals surface area (Å²) in [6.07, 6.45) is 3.43. The van der Waals surface area contributed by atoms with Gasteiger partial charge in [0, 0.05) is 11.8 Å². The molecule has 0 atom stereocenters. The molecule has 0 saturated carbocycles. The summed E-state index contributed by atoms with van der Waals surface area (Å²) >= 11 is 5.28. The Bertz CT molecular complexity index is 994. The molecule has 0 saturated heterocycles. The molecule has 0 radical (unpaired) electrons. The largest absolute Gasteiger partial charge is 0.497 e. The van der Waals surface area contributed by atoms with E-state index in [1.165, 1.54) is 0 Å². The number of hydrogen-bond donors (Lipinski definition) is 2. The molecule has 1 amide bonds. The Kier molecular flexibility index (Phi) is 5.13. The van der Waals surface area contributed by atoms with Gasteiger partial charge in [-0.15, -0.1) is 0 Å². The van der Waals surface area contributed by atoms with E-state index >= 15 is 0 Å². The van der Waals surface area contributed by atoms with E-state index < -0.39 is 0 Å². The fourth-order valence-corrected chi connectivity index (χ4v) is 2.72. The first-order chi connectivity index (χ1) is 12.8. The number of carbonyl (C=O) groups is 1. The molecule has 0 unspecified atom stereocenters. The van der Waals surface area contributed by atoms with Crippen molar-refractivity contribution in [3.8, 4) is 17.1 Å². The number of ether oxygens (including phenoxy) is 1. The second kappa shape index (κ2) is 7.36. The van der Waals surface area contributed by atoms with Crippen LogP contribution < -0.4 is 10.1 Å². The van der Waals surface area contributed by atoms with Crippen molar-refractivity contribution in [3.63, 3.8) is 0 Å². The number of aromatic nitrogens is 5. The number of anilines is 1. The van der Waals surface area contributed by atoms with Crippen LogP contribution >= 0.6 is 12.2 Å². The fraction of sp³-hybridized carbons (Fsp3) is 0.333. The molecule has 0 aliphatic carbocycles. The minimum absolute atomic E-state index is 0.0391. The minimum atomic E-state index is -0.212. The van der Waals surface area contributed by atoms with Gasteiger partial charge in [-0.05, 0) is 57.3 Å². The van der Waals surface area contributed by atoms with Crippen LogP contribution in [0.2, 0.25) is 0 Å². The van der Waals surface area contributed by atoms with Gasteiger partial charge >= 0.3 is 0 Å². The van der Waals surface area contributed by atoms with Gasteiger partial charge in [0.15, 0.2) is 10.6 Å². The summed E-state index contributed by atoms with van der Waals surface area (Å²) in [5.74, 6) is 1.12. The van der Waals surface area contributed by atoms with Crippen molar-refractivity contribution in [1.29, 1.82) is 0 Å². The number of rotatable bonds is 5. The van der Waals surface area contributed by atoms with E-state index in [0.29, 0.717) is 16.3 Å². The molecular formula is C18H22N6O2S. The first-order valence-corrected chi connectivity index (χ1v) is 8.83. The quantitative estimate of drug-likeness (QED) is 0.657. The fourth-order valence-electron chi connectivity index (χ4n) is 2.52. The molecule has 0 aliphatic rings. The number of methoxy groups -OCH3 is 1. The SMILES string of the molecule is COc1ccc(-c2n[nH]c(=S)n2CC(=O)Nc2cnn(C(C)(C)C)c2)cc1. The zero-order chi connectivity index (χ0) is 19.6. The number of benzene rings is 1. The van der Waals surface area contributed by atoms with E-state index in [4.69, 9.17) is 17.0 Å². The monoisotopic (exact) mass is 386 g/mol. The lowest BCUT2D eigenvalue weighted by Gasteiger charge is -2.18. The maximum atomic E-state index is 12.5. The highest BCUT2D eigenvalue weighted by Crippen LogP contribution is 2.21. The van der Waals surface area contributed by atoms with Crippen molar-refractivity contribution in [2.24, 2.45) is 0 Å². The molecule has 1 aromatic carbocycles. The second-order valence-corrected chi connectivity index (χ2v) is 7.45. The number of nitrogens with one attached hydrogen (secondary N) is 2. The number of aromatic amines is 1. The number of carbonyl (C=O) groups excluding carboxylic acids is 1. The normalized spacial score (nSPS) is 11.4. The molecular weight excluding hydrogens is 364 g/mol. The molecule has 3 rings (SSSR count). The number of amides is 1. The van der Waals surface area contributed by atoms with E-state index in [1.807, 2.05) is 45.0 Å². The van der Waals surface area contributed by atoms with Gasteiger partial charge in [0.25, 0.3) is 0 Å². The van der Waals surface area contributed by atoms with E-state index in [-0.39, 0.29) is 18.0 Å². The Labute approximate surface area is 162 Å². The van der Waals surface area contributed by atoms with Gasteiger partial charge in [0.2, 0.25) is 5.91 Å². The Morgan fingerprint density at radius 2 is 2.00 bits per heavy atom. The lowest BCUT2D eigenvalue weighted by atomic mass is 10.1. The average molecular weight is 386 g/mol. The van der Waals surface area contributed by atoms with Crippen LogP contribution in [0.5, 0.6) is 5.75 Å². The van der Waals surface area contributed by atoms with Gasteiger partial charge in [-0.1, -0.05) is 0 Å². The van der Waals surface area contributed by atoms with Crippen LogP contribution in [0, 0.1) is 4.77 Å². The van der Waals surface area contributed by atoms with Crippen LogP contribution in [0.25, 0.3) is 11.4 Å². The molecule has 8 nitrogen and oxygen atoms in total. The van der Waals surface area contributed by atoms with E-state index in [2.05, 4.69) is 20.6 Å². The molecule has 0 aliphatic heterocycles. The third-order valence-electron chi connectivity index (χ3n) is 3.96. The Morgan fingerprint density at radius 1 is 1.30 bits per heavy atom. The van der Waals surface area contributed by atoms with Gasteiger partial charge < -0.3 is 10.1 Å². The van der Waals surface area contributed by atoms with Crippen LogP contribution in [-0.4, -0.2) is 37.6 Å². The Hall–Kier alpha value is -2.94. The molecule has 9 heteroatoms. The van der Waals surface area contributed by atoms with Gasteiger partial charge in [-0.25, -0.2) is 0 Å². The molecule has 3 aromatic rings. The van der Waals surface area contributed by atoms with Crippen molar-refractivity contribution in [2.75, 3.05) is 12.4 Å². The molecule has 2 heterocycles. The highest BCUT2D eigenvalue weighted by Gasteiger charge is 2.16. The summed E-state index contributed by atoms with van der Waals surface area (Å²) in [6, 6.07) is 7.40. The topological polar surface area (TPSA) is 89.8 Å². The predicted molar refractivity (Wildman–Crippen MR) is 105 cm³/mol. The number of H-pyrrole nitrogens is 1. The summed E-state index contributed by atoms with van der Waals surface area (Å²) in [7, 11) is 1.61. The third-order valence-corrected chi connectivity index (χ3v) is 4.27. The maximum Gasteiger partial charge on any atom is 0.244 e. The van der Waals surface area contributed by atoms with E-state index in [9.17, 15) is 4.79 Å². The number of hydrogen-bond acceptors (Lipinski definition) is 5. The van der Waals surface area contributed by atoms with Gasteiger partial charge in [-0.2, -0.15) is 10.2 Å². The summed E-state index contributed by atoms with van der Waals surface area (Å²) in [5, 5.41) is 14.1. The van der Waals surface area contributed by atoms with Gasteiger partial charge in [-0.3, -0.25) is 19.1 Å². The maximum absolute atomic E-state index is 12.5. The molecule has 142 valence electrons. The van der Waals surface area contributed by atoms with Crippen LogP contribution in [0.1, 0.15) is 20.8 Å². The smallest absolute Gasteiger partial charge is 0.244 e.